The maximum Gasteiger partial charge on any atom is 0.352 e. The van der Waals surface area contributed by atoms with E-state index in [-0.39, 0.29) is 33.8 Å². The zero-order valence-corrected chi connectivity index (χ0v) is 29.3. The molecule has 1 saturated carbocycles. The summed E-state index contributed by atoms with van der Waals surface area (Å²) in [5, 5.41) is 20.6. The summed E-state index contributed by atoms with van der Waals surface area (Å²) in [6.07, 6.45) is 5.29. The fourth-order valence-electron chi connectivity index (χ4n) is 6.08. The van der Waals surface area contributed by atoms with Gasteiger partial charge in [-0.25, -0.2) is 9.78 Å². The molecular weight excluding hydrogens is 709 g/mol. The highest BCUT2D eigenvalue weighted by atomic mass is 32.2. The number of nitrogens with one attached hydrogen (secondary N) is 1. The maximum atomic E-state index is 13.4. The van der Waals surface area contributed by atoms with Gasteiger partial charge in [-0.2, -0.15) is 0 Å². The number of thioether (sulfide) groups is 2. The number of fused-ring (bicyclic) bond motifs is 2. The second-order valence-electron chi connectivity index (χ2n) is 11.7. The first-order valence-electron chi connectivity index (χ1n) is 15.7. The number of amides is 2. The van der Waals surface area contributed by atoms with E-state index >= 15 is 0 Å². The highest BCUT2D eigenvalue weighted by Crippen LogP contribution is 2.41. The van der Waals surface area contributed by atoms with Gasteiger partial charge in [-0.15, -0.1) is 34.4 Å². The minimum Gasteiger partial charge on any atom is -0.477 e. The molecule has 2 amide bonds. The summed E-state index contributed by atoms with van der Waals surface area (Å²) >= 11 is 5.30. The number of hydrogen-bond acceptors (Lipinski definition) is 14. The number of aliphatic carboxylic acids is 1. The quantitative estimate of drug-likeness (QED) is 0.119. The Hall–Kier alpha value is -3.90. The van der Waals surface area contributed by atoms with E-state index in [1.807, 2.05) is 18.2 Å². The summed E-state index contributed by atoms with van der Waals surface area (Å²) < 4.78 is 7.08. The molecule has 13 nitrogen and oxygen atoms in total. The molecule has 4 aliphatic rings. The highest BCUT2D eigenvalue weighted by molar-refractivity contribution is 8.04. The van der Waals surface area contributed by atoms with Crippen LogP contribution in [-0.2, 0) is 24.0 Å². The molecule has 2 aromatic heterocycles. The lowest BCUT2D eigenvalue weighted by atomic mass is 10.0. The number of aromatic nitrogens is 1. The molecule has 49 heavy (non-hydrogen) atoms. The summed E-state index contributed by atoms with van der Waals surface area (Å²) in [5.74, 6) is -2.15. The van der Waals surface area contributed by atoms with Crippen molar-refractivity contribution in [2.24, 2.45) is 5.16 Å². The monoisotopic (exact) mass is 740 g/mol. The molecule has 3 fully saturated rings. The van der Waals surface area contributed by atoms with Crippen molar-refractivity contribution >= 4 is 90.6 Å². The number of benzene rings is 1. The van der Waals surface area contributed by atoms with Crippen LogP contribution < -0.4 is 21.4 Å². The van der Waals surface area contributed by atoms with Crippen molar-refractivity contribution in [2.75, 3.05) is 42.7 Å². The predicted molar refractivity (Wildman–Crippen MR) is 192 cm³/mol. The number of carbonyl (C=O) groups is 3. The summed E-state index contributed by atoms with van der Waals surface area (Å²) in [5.41, 5.74) is 7.21. The number of oxime groups is 1. The van der Waals surface area contributed by atoms with Gasteiger partial charge < -0.3 is 30.6 Å². The summed E-state index contributed by atoms with van der Waals surface area (Å²) in [4.78, 5) is 65.3. The third-order valence-electron chi connectivity index (χ3n) is 8.58. The molecule has 256 valence electrons. The van der Waals surface area contributed by atoms with Crippen LogP contribution in [-0.4, -0.2) is 88.1 Å². The minimum absolute atomic E-state index is 0.0875. The van der Waals surface area contributed by atoms with Crippen LogP contribution in [0.15, 0.2) is 66.6 Å². The number of thiazole rings is 1. The fourth-order valence-corrected chi connectivity index (χ4v) is 9.96. The molecule has 2 atom stereocenters. The summed E-state index contributed by atoms with van der Waals surface area (Å²) in [6, 6.07) is 6.46. The maximum absolute atomic E-state index is 13.4. The number of ether oxygens (including phenoxy) is 1. The lowest BCUT2D eigenvalue weighted by Crippen LogP contribution is -2.71. The van der Waals surface area contributed by atoms with E-state index in [9.17, 15) is 24.3 Å². The lowest BCUT2D eigenvalue weighted by Gasteiger charge is -2.49. The van der Waals surface area contributed by atoms with Gasteiger partial charge in [0, 0.05) is 46.1 Å². The fraction of sp³-hybridized carbons (Fsp3) is 0.375. The van der Waals surface area contributed by atoms with Crippen molar-refractivity contribution in [1.29, 1.82) is 0 Å². The number of nitrogens with zero attached hydrogens (tertiary/aromatic N) is 4. The lowest BCUT2D eigenvalue weighted by molar-refractivity contribution is -0.150. The minimum atomic E-state index is -1.25. The molecule has 5 heterocycles. The number of carboxylic acid groups (broad SMARTS) is 1. The van der Waals surface area contributed by atoms with Crippen LogP contribution in [0.1, 0.15) is 31.4 Å². The second-order valence-corrected chi connectivity index (χ2v) is 16.0. The number of morpholine rings is 1. The molecule has 3 aromatic rings. The Kier molecular flexibility index (Phi) is 9.96. The molecule has 2 saturated heterocycles. The highest BCUT2D eigenvalue weighted by Gasteiger charge is 2.54. The number of carbonyl (C=O) groups excluding carboxylic acids is 2. The number of rotatable bonds is 10. The average Bonchev–Trinajstić information content (AvgIpc) is 3.79. The summed E-state index contributed by atoms with van der Waals surface area (Å²) in [6.45, 7) is 2.90. The first-order chi connectivity index (χ1) is 23.8. The smallest absolute Gasteiger partial charge is 0.352 e. The number of nitrogens with two attached hydrogens (primary N) is 1. The van der Waals surface area contributed by atoms with E-state index < -0.39 is 29.2 Å². The van der Waals surface area contributed by atoms with Crippen LogP contribution in [0.3, 0.4) is 0 Å². The molecule has 1 aromatic carbocycles. The molecule has 0 radical (unpaired) electrons. The van der Waals surface area contributed by atoms with E-state index in [1.54, 1.807) is 22.9 Å². The van der Waals surface area contributed by atoms with Crippen LogP contribution in [0.4, 0.5) is 10.8 Å². The van der Waals surface area contributed by atoms with Gasteiger partial charge in [0.2, 0.25) is 0 Å². The van der Waals surface area contributed by atoms with Gasteiger partial charge in [0.1, 0.15) is 28.9 Å². The van der Waals surface area contributed by atoms with Gasteiger partial charge in [-0.05, 0) is 60.9 Å². The molecule has 3 aliphatic heterocycles. The number of carboxylic acids is 1. The zero-order valence-electron chi connectivity index (χ0n) is 26.0. The van der Waals surface area contributed by atoms with Gasteiger partial charge in [0.05, 0.1) is 17.4 Å². The summed E-state index contributed by atoms with van der Waals surface area (Å²) in [7, 11) is 0. The Morgan fingerprint density at radius 2 is 1.98 bits per heavy atom. The molecule has 1 aliphatic carbocycles. The SMILES string of the molecule is Nc1nc(/C(=N/OC2CCCC2)C(=O)NC2C(=O)N3C(C(=O)O)=C(/C=C/Sc4cc(=O)c5ccc(N6CCOCC6)cc5s4)CS[C@H]23)cs1. The Labute approximate surface area is 297 Å². The van der Waals surface area contributed by atoms with E-state index in [0.717, 1.165) is 64.7 Å². The number of nitrogen functional groups attached to an aromatic ring is 1. The number of anilines is 2. The Balaban J connectivity index is 1.05. The van der Waals surface area contributed by atoms with E-state index in [0.29, 0.717) is 29.9 Å². The normalized spacial score (nSPS) is 21.7. The third-order valence-corrected chi connectivity index (χ3v) is 12.6. The van der Waals surface area contributed by atoms with Gasteiger partial charge in [0.25, 0.3) is 11.8 Å². The Morgan fingerprint density at radius 1 is 1.18 bits per heavy atom. The van der Waals surface area contributed by atoms with Crippen LogP contribution in [0.5, 0.6) is 0 Å². The molecule has 1 unspecified atom stereocenters. The van der Waals surface area contributed by atoms with Crippen molar-refractivity contribution < 1.29 is 29.1 Å². The second kappa shape index (κ2) is 14.5. The zero-order chi connectivity index (χ0) is 34.1. The predicted octanol–water partition coefficient (Wildman–Crippen LogP) is 3.84. The molecule has 0 spiro atoms. The standard InChI is InChI=1S/C32H32N6O7S4/c33-32-34-21(16-48-32)25(36-45-19-3-1-2-4-19)28(40)35-26-29(41)38-27(31(42)43)17(15-47-30(26)38)7-12-46-24-14-22(39)20-6-5-18(13-23(20)49-24)37-8-10-44-11-9-37/h5-7,12-14,16,19,26,30H,1-4,8-11,15H2,(H2,33,34)(H,35,40)(H,42,43)/b12-7+,36-25-/t26?,30-/m1/s1. The molecule has 4 N–H and O–H groups in total. The van der Waals surface area contributed by atoms with Crippen molar-refractivity contribution in [3.05, 3.63) is 68.3 Å². The van der Waals surface area contributed by atoms with Gasteiger partial charge in [-0.1, -0.05) is 16.9 Å². The molecule has 17 heteroatoms. The Morgan fingerprint density at radius 3 is 2.71 bits per heavy atom. The van der Waals surface area contributed by atoms with Crippen LogP contribution in [0.2, 0.25) is 0 Å². The number of hydrogen-bond donors (Lipinski definition) is 3. The van der Waals surface area contributed by atoms with E-state index in [4.69, 9.17) is 15.3 Å². The van der Waals surface area contributed by atoms with Crippen molar-refractivity contribution in [2.45, 2.75) is 47.4 Å². The van der Waals surface area contributed by atoms with Crippen molar-refractivity contribution in [3.8, 4) is 0 Å². The van der Waals surface area contributed by atoms with Gasteiger partial charge in [-0.3, -0.25) is 19.3 Å². The van der Waals surface area contributed by atoms with Crippen molar-refractivity contribution in [3.63, 3.8) is 0 Å². The van der Waals surface area contributed by atoms with E-state index in [1.165, 1.54) is 39.8 Å². The van der Waals surface area contributed by atoms with Gasteiger partial charge in [0.15, 0.2) is 16.3 Å². The molecule has 7 rings (SSSR count). The molecule has 0 bridgehead atoms. The first-order valence-corrected chi connectivity index (χ1v) is 19.3. The topological polar surface area (TPSA) is 177 Å². The first kappa shape index (κ1) is 33.6. The largest absolute Gasteiger partial charge is 0.477 e. The molecular formula is C32H32N6O7S4. The number of β-lactam (4-membered cyclic amide) rings is 1. The Bertz CT molecular complexity index is 1950. The van der Waals surface area contributed by atoms with Crippen molar-refractivity contribution in [1.82, 2.24) is 15.2 Å². The van der Waals surface area contributed by atoms with Crippen LogP contribution in [0, 0.1) is 0 Å². The van der Waals surface area contributed by atoms with E-state index in [2.05, 4.69) is 20.4 Å². The van der Waals surface area contributed by atoms with Crippen LogP contribution in [0.25, 0.3) is 10.1 Å². The van der Waals surface area contributed by atoms with Gasteiger partial charge >= 0.3 is 5.97 Å². The number of allylic oxidation sites excluding steroid dienone is 1. The van der Waals surface area contributed by atoms with Crippen LogP contribution >= 0.6 is 46.2 Å². The average molecular weight is 741 g/mol. The third kappa shape index (κ3) is 7.08.